The monoisotopic (exact) mass is 495 g/mol. The summed E-state index contributed by atoms with van der Waals surface area (Å²) in [6, 6.07) is 8.28. The fraction of sp³-hybridized carbons (Fsp3) is 0.435. The van der Waals surface area contributed by atoms with Gasteiger partial charge in [0, 0.05) is 18.5 Å². The summed E-state index contributed by atoms with van der Waals surface area (Å²) in [6.45, 7) is 5.08. The normalized spacial score (nSPS) is 23.6. The van der Waals surface area contributed by atoms with Crippen molar-refractivity contribution in [1.29, 1.82) is 0 Å². The first kappa shape index (κ1) is 22.7. The van der Waals surface area contributed by atoms with Gasteiger partial charge in [-0.3, -0.25) is 4.79 Å². The average molecular weight is 496 g/mol. The quantitative estimate of drug-likeness (QED) is 0.430. The van der Waals surface area contributed by atoms with E-state index in [2.05, 4.69) is 9.38 Å². The van der Waals surface area contributed by atoms with Crippen LogP contribution in [-0.4, -0.2) is 40.8 Å². The smallest absolute Gasteiger partial charge is 0.362 e. The lowest BCUT2D eigenvalue weighted by Crippen LogP contribution is -2.61. The summed E-state index contributed by atoms with van der Waals surface area (Å²) in [7, 11) is 0. The van der Waals surface area contributed by atoms with Gasteiger partial charge in [-0.15, -0.1) is 0 Å². The van der Waals surface area contributed by atoms with Crippen molar-refractivity contribution in [3.05, 3.63) is 63.9 Å². The number of rotatable bonds is 3. The van der Waals surface area contributed by atoms with Gasteiger partial charge < -0.3 is 9.64 Å². The minimum absolute atomic E-state index is 0.0241. The number of halogens is 4. The Morgan fingerprint density at radius 2 is 2.00 bits per heavy atom. The molecule has 174 valence electrons. The van der Waals surface area contributed by atoms with Crippen molar-refractivity contribution in [1.82, 2.24) is 9.88 Å². The molecule has 1 fully saturated rings. The number of carbonyl (C=O) groups is 1. The van der Waals surface area contributed by atoms with E-state index in [1.54, 1.807) is 11.0 Å². The van der Waals surface area contributed by atoms with E-state index in [4.69, 9.17) is 16.3 Å². The van der Waals surface area contributed by atoms with Crippen LogP contribution in [0.2, 0.25) is 5.15 Å². The summed E-state index contributed by atoms with van der Waals surface area (Å²) >= 11 is 6.29. The third-order valence-corrected chi connectivity index (χ3v) is 7.97. The predicted molar refractivity (Wildman–Crippen MR) is 120 cm³/mol. The molecule has 1 amide bonds. The molecule has 1 atom stereocenters. The molecule has 0 radical (unpaired) electrons. The van der Waals surface area contributed by atoms with Gasteiger partial charge >= 0.3 is 6.18 Å². The van der Waals surface area contributed by atoms with E-state index in [1.165, 1.54) is 18.3 Å². The lowest BCUT2D eigenvalue weighted by Gasteiger charge is -2.48. The second-order valence-electron chi connectivity index (χ2n) is 9.00. The highest BCUT2D eigenvalue weighted by Crippen LogP contribution is 2.56. The minimum atomic E-state index is -4.53. The Bertz CT molecular complexity index is 1150. The summed E-state index contributed by atoms with van der Waals surface area (Å²) in [5, 5.41) is 0.136. The number of ether oxygens (including phenoxy) is 1. The highest BCUT2D eigenvalue weighted by atomic mass is 35.5. The van der Waals surface area contributed by atoms with Gasteiger partial charge in [0.1, 0.15) is 10.8 Å². The van der Waals surface area contributed by atoms with Gasteiger partial charge in [0.25, 0.3) is 0 Å². The van der Waals surface area contributed by atoms with Gasteiger partial charge in [-0.1, -0.05) is 43.6 Å². The molecule has 0 N–H and O–H groups in total. The molecule has 4 heterocycles. The summed E-state index contributed by atoms with van der Waals surface area (Å²) in [6.07, 6.45) is -3.66. The molecule has 1 saturated heterocycles. The summed E-state index contributed by atoms with van der Waals surface area (Å²) < 4.78 is 50.7. The first-order chi connectivity index (χ1) is 15.5. The maximum Gasteiger partial charge on any atom is 0.409 e. The molecule has 0 aliphatic carbocycles. The van der Waals surface area contributed by atoms with Crippen molar-refractivity contribution >= 4 is 35.2 Å². The van der Waals surface area contributed by atoms with Crippen LogP contribution in [0.3, 0.4) is 0 Å². The fourth-order valence-corrected chi connectivity index (χ4v) is 5.74. The number of aromatic nitrogens is 1. The molecule has 3 aliphatic rings. The fourth-order valence-electron chi connectivity index (χ4n) is 4.66. The molecule has 0 bridgehead atoms. The molecule has 3 aliphatic heterocycles. The number of hydrogen-bond acceptors (Lipinski definition) is 5. The van der Waals surface area contributed by atoms with E-state index in [-0.39, 0.29) is 29.0 Å². The number of pyridine rings is 1. The molecule has 1 spiro atoms. The molecule has 10 heteroatoms. The van der Waals surface area contributed by atoms with Crippen molar-refractivity contribution in [3.63, 3.8) is 0 Å². The van der Waals surface area contributed by atoms with Crippen LogP contribution >= 0.6 is 23.5 Å². The van der Waals surface area contributed by atoms with Gasteiger partial charge in [0.05, 0.1) is 25.4 Å². The molecule has 5 nitrogen and oxygen atoms in total. The number of hydrogen-bond donors (Lipinski definition) is 0. The largest absolute Gasteiger partial charge is 0.409 e. The van der Waals surface area contributed by atoms with Crippen LogP contribution in [-0.2, 0) is 26.5 Å². The van der Waals surface area contributed by atoms with Crippen molar-refractivity contribution in [2.24, 2.45) is 10.3 Å². The number of amides is 1. The molecule has 1 aromatic heterocycles. The zero-order valence-corrected chi connectivity index (χ0v) is 19.5. The number of nitrogens with zero attached hydrogens (tertiary/aromatic N) is 3. The molecule has 2 aromatic rings. The second-order valence-corrected chi connectivity index (χ2v) is 10.5. The molecule has 1 unspecified atom stereocenters. The van der Waals surface area contributed by atoms with E-state index in [0.717, 1.165) is 11.1 Å². The van der Waals surface area contributed by atoms with Crippen molar-refractivity contribution in [3.8, 4) is 0 Å². The molecule has 33 heavy (non-hydrogen) atoms. The highest BCUT2D eigenvalue weighted by Gasteiger charge is 2.60. The van der Waals surface area contributed by atoms with Crippen LogP contribution in [0.25, 0.3) is 0 Å². The predicted octanol–water partition coefficient (Wildman–Crippen LogP) is 5.26. The van der Waals surface area contributed by atoms with Gasteiger partial charge in [0.2, 0.25) is 5.91 Å². The van der Waals surface area contributed by atoms with Crippen molar-refractivity contribution < 1.29 is 22.7 Å². The zero-order valence-electron chi connectivity index (χ0n) is 17.9. The SMILES string of the molecule is CC(C)C(=O)N1CC2(C1)OCc1cc(C3=NSC(c4ccc(Cl)nc4)(C(F)(F)F)C3)ccc12. The summed E-state index contributed by atoms with van der Waals surface area (Å²) in [4.78, 5) is 17.9. The number of fused-ring (bicyclic) bond motifs is 2. The summed E-state index contributed by atoms with van der Waals surface area (Å²) in [5.41, 5.74) is 2.44. The van der Waals surface area contributed by atoms with E-state index < -0.39 is 16.5 Å². The highest BCUT2D eigenvalue weighted by molar-refractivity contribution is 7.99. The first-order valence-corrected chi connectivity index (χ1v) is 11.7. The van der Waals surface area contributed by atoms with Crippen molar-refractivity contribution in [2.75, 3.05) is 13.1 Å². The summed E-state index contributed by atoms with van der Waals surface area (Å²) in [5.74, 6) is 0.0139. The average Bonchev–Trinajstić information content (AvgIpc) is 3.35. The standard InChI is InChI=1S/C23H21ClF3N3O2S/c1-13(2)20(31)30-11-21(12-30)17-5-3-14(7-15(17)10-32-21)18-8-22(33-29-18,23(25,26)27)16-4-6-19(24)28-9-16/h3-7,9,13H,8,10-12H2,1-2H3. The maximum atomic E-state index is 14.2. The van der Waals surface area contributed by atoms with Gasteiger partial charge in [0.15, 0.2) is 4.75 Å². The van der Waals surface area contributed by atoms with E-state index in [0.29, 0.717) is 42.9 Å². The molecule has 0 saturated carbocycles. The Kier molecular flexibility index (Phi) is 5.30. The Labute approximate surface area is 198 Å². The number of carbonyl (C=O) groups excluding carboxylic acids is 1. The van der Waals surface area contributed by atoms with Crippen LogP contribution in [0.5, 0.6) is 0 Å². The van der Waals surface area contributed by atoms with E-state index in [9.17, 15) is 18.0 Å². The Morgan fingerprint density at radius 3 is 2.64 bits per heavy atom. The molecule has 5 rings (SSSR count). The van der Waals surface area contributed by atoms with Gasteiger partial charge in [-0.2, -0.15) is 13.2 Å². The van der Waals surface area contributed by atoms with Crippen LogP contribution in [0.4, 0.5) is 13.2 Å². The topological polar surface area (TPSA) is 54.8 Å². The third-order valence-electron chi connectivity index (χ3n) is 6.51. The third kappa shape index (κ3) is 3.56. The maximum absolute atomic E-state index is 14.2. The van der Waals surface area contributed by atoms with E-state index in [1.807, 2.05) is 26.0 Å². The number of benzene rings is 1. The number of alkyl halides is 3. The van der Waals surface area contributed by atoms with E-state index >= 15 is 0 Å². The van der Waals surface area contributed by atoms with Gasteiger partial charge in [-0.25, -0.2) is 9.38 Å². The Balaban J connectivity index is 1.39. The Morgan fingerprint density at radius 1 is 1.24 bits per heavy atom. The Hall–Kier alpha value is -2.10. The number of likely N-dealkylation sites (tertiary alicyclic amines) is 1. The first-order valence-electron chi connectivity index (χ1n) is 10.5. The lowest BCUT2D eigenvalue weighted by atomic mass is 9.83. The van der Waals surface area contributed by atoms with Crippen LogP contribution in [0.15, 0.2) is 40.9 Å². The molecule has 1 aromatic carbocycles. The molecular weight excluding hydrogens is 475 g/mol. The van der Waals surface area contributed by atoms with Crippen molar-refractivity contribution in [2.45, 2.75) is 43.4 Å². The van der Waals surface area contributed by atoms with Gasteiger partial charge in [-0.05, 0) is 46.3 Å². The lowest BCUT2D eigenvalue weighted by molar-refractivity contribution is -0.171. The zero-order chi connectivity index (χ0) is 23.6. The second kappa shape index (κ2) is 7.71. The van der Waals surface area contributed by atoms with Crippen LogP contribution < -0.4 is 0 Å². The van der Waals surface area contributed by atoms with Crippen LogP contribution in [0, 0.1) is 5.92 Å². The molecular formula is C23H21ClF3N3O2S. The van der Waals surface area contributed by atoms with Crippen LogP contribution in [0.1, 0.15) is 42.5 Å². The minimum Gasteiger partial charge on any atom is -0.362 e.